The Kier molecular flexibility index (Phi) is 3.76. The van der Waals surface area contributed by atoms with E-state index in [1.165, 1.54) is 0 Å². The van der Waals surface area contributed by atoms with Crippen LogP contribution in [0, 0.1) is 5.82 Å². The molecule has 0 aromatic heterocycles. The van der Waals surface area contributed by atoms with Crippen molar-refractivity contribution < 1.29 is 32.3 Å². The van der Waals surface area contributed by atoms with Gasteiger partial charge in [-0.2, -0.15) is 13.2 Å². The van der Waals surface area contributed by atoms with Crippen LogP contribution in [-0.4, -0.2) is 30.5 Å². The molecule has 0 atom stereocenters. The van der Waals surface area contributed by atoms with Crippen LogP contribution < -0.4 is 4.74 Å². The van der Waals surface area contributed by atoms with Crippen molar-refractivity contribution in [2.45, 2.75) is 6.18 Å². The van der Waals surface area contributed by atoms with Gasteiger partial charge in [-0.15, -0.1) is 0 Å². The van der Waals surface area contributed by atoms with Crippen molar-refractivity contribution in [3.8, 4) is 16.9 Å². The number of hydrogen-bond donors (Lipinski definition) is 2. The third kappa shape index (κ3) is 3.39. The van der Waals surface area contributed by atoms with E-state index >= 15 is 0 Å². The molecule has 0 fully saturated rings. The van der Waals surface area contributed by atoms with E-state index in [1.807, 2.05) is 0 Å². The molecule has 3 nitrogen and oxygen atoms in total. The third-order valence-electron chi connectivity index (χ3n) is 1.65. The molecular formula is C8H6BF4O3. The summed E-state index contributed by atoms with van der Waals surface area (Å²) in [5.41, 5.74) is 1.07. The summed E-state index contributed by atoms with van der Waals surface area (Å²) in [4.78, 5) is 0. The molecular weight excluding hydrogens is 231 g/mol. The zero-order valence-corrected chi connectivity index (χ0v) is 7.75. The Morgan fingerprint density at radius 3 is 2.19 bits per heavy atom. The van der Waals surface area contributed by atoms with Gasteiger partial charge in [0, 0.05) is 5.56 Å². The lowest BCUT2D eigenvalue weighted by molar-refractivity contribution is -0.153. The standard InChI is InChI=1S/C8H4F4O.BH2O2/c9-6-2-4-1-5(4)7(6)13-3-8(10,11)12;2-1-3/h1-2H,3H2;2-3H. The van der Waals surface area contributed by atoms with E-state index in [4.69, 9.17) is 10.0 Å². The Bertz CT molecular complexity index is 380. The highest BCUT2D eigenvalue weighted by Crippen LogP contribution is 2.46. The maximum atomic E-state index is 12.7. The molecule has 0 spiro atoms. The molecule has 0 aromatic carbocycles. The molecule has 2 N–H and O–H groups in total. The van der Waals surface area contributed by atoms with E-state index in [1.54, 1.807) is 6.07 Å². The van der Waals surface area contributed by atoms with Gasteiger partial charge in [0.25, 0.3) is 0 Å². The van der Waals surface area contributed by atoms with Gasteiger partial charge in [-0.25, -0.2) is 4.39 Å². The van der Waals surface area contributed by atoms with E-state index in [0.717, 1.165) is 6.07 Å². The van der Waals surface area contributed by atoms with E-state index in [2.05, 4.69) is 4.74 Å². The number of ether oxygens (including phenoxy) is 1. The summed E-state index contributed by atoms with van der Waals surface area (Å²) in [7, 11) is 0. The van der Waals surface area contributed by atoms with Gasteiger partial charge in [-0.1, -0.05) is 0 Å². The molecule has 16 heavy (non-hydrogen) atoms. The summed E-state index contributed by atoms with van der Waals surface area (Å²) in [6, 6.07) is 2.72. The van der Waals surface area contributed by atoms with Crippen LogP contribution in [-0.2, 0) is 0 Å². The Morgan fingerprint density at radius 2 is 1.81 bits per heavy atom. The molecule has 0 saturated heterocycles. The third-order valence-corrected chi connectivity index (χ3v) is 1.65. The first kappa shape index (κ1) is 12.8. The lowest BCUT2D eigenvalue weighted by Gasteiger charge is -2.07. The lowest BCUT2D eigenvalue weighted by atomic mass is 10.5. The van der Waals surface area contributed by atoms with Gasteiger partial charge in [0.1, 0.15) is 0 Å². The van der Waals surface area contributed by atoms with Gasteiger partial charge in [0.15, 0.2) is 18.2 Å². The van der Waals surface area contributed by atoms with E-state index < -0.39 is 18.6 Å². The number of rotatable bonds is 2. The first-order valence-corrected chi connectivity index (χ1v) is 4.02. The molecule has 0 heterocycles. The van der Waals surface area contributed by atoms with Crippen molar-refractivity contribution in [2.24, 2.45) is 0 Å². The average Bonchev–Trinajstić information content (AvgIpc) is 2.77. The number of halogens is 4. The Labute approximate surface area is 88.6 Å². The number of hydrogen-bond acceptors (Lipinski definition) is 3. The van der Waals surface area contributed by atoms with E-state index in [-0.39, 0.29) is 13.4 Å². The van der Waals surface area contributed by atoms with Crippen LogP contribution in [0.2, 0.25) is 0 Å². The monoisotopic (exact) mass is 237 g/mol. The van der Waals surface area contributed by atoms with E-state index in [9.17, 15) is 17.6 Å². The van der Waals surface area contributed by atoms with Crippen LogP contribution in [0.3, 0.4) is 0 Å². The minimum Gasteiger partial charge on any atom is -0.480 e. The Hall–Kier alpha value is -1.28. The zero-order valence-electron chi connectivity index (χ0n) is 7.75. The summed E-state index contributed by atoms with van der Waals surface area (Å²) in [6.45, 7) is -1.45. The molecule has 0 bridgehead atoms. The lowest BCUT2D eigenvalue weighted by Crippen LogP contribution is -2.19. The van der Waals surface area contributed by atoms with Gasteiger partial charge in [0.2, 0.25) is 0 Å². The predicted octanol–water partition coefficient (Wildman–Crippen LogP) is 1.25. The van der Waals surface area contributed by atoms with E-state index in [0.29, 0.717) is 11.1 Å². The predicted molar refractivity (Wildman–Crippen MR) is 47.1 cm³/mol. The molecule has 2 aliphatic carbocycles. The number of alkyl halides is 3. The normalized spacial score (nSPS) is 11.4. The molecule has 0 amide bonds. The summed E-state index contributed by atoms with van der Waals surface area (Å²) in [6.07, 6.45) is -4.43. The second-order valence-electron chi connectivity index (χ2n) is 2.85. The Balaban J connectivity index is 0.000000386. The highest BCUT2D eigenvalue weighted by atomic mass is 19.4. The van der Waals surface area contributed by atoms with Crippen LogP contribution in [0.1, 0.15) is 0 Å². The molecule has 2 rings (SSSR count). The van der Waals surface area contributed by atoms with Crippen molar-refractivity contribution in [3.05, 3.63) is 17.9 Å². The van der Waals surface area contributed by atoms with Gasteiger partial charge < -0.3 is 14.8 Å². The summed E-state index contributed by atoms with van der Waals surface area (Å²) in [5.74, 6) is -1.01. The van der Waals surface area contributed by atoms with Gasteiger partial charge >= 0.3 is 13.9 Å². The van der Waals surface area contributed by atoms with Gasteiger partial charge in [0.05, 0.1) is 0 Å². The fourth-order valence-corrected chi connectivity index (χ4v) is 1.07. The van der Waals surface area contributed by atoms with Crippen molar-refractivity contribution >= 4 is 7.69 Å². The number of benzene rings is 1. The van der Waals surface area contributed by atoms with Crippen LogP contribution in [0.25, 0.3) is 11.1 Å². The minimum atomic E-state index is -4.43. The summed E-state index contributed by atoms with van der Waals surface area (Å²) in [5, 5.41) is 14.0. The summed E-state index contributed by atoms with van der Waals surface area (Å²) >= 11 is 0. The van der Waals surface area contributed by atoms with Crippen LogP contribution in [0.5, 0.6) is 5.75 Å². The molecule has 1 radical (unpaired) electrons. The van der Waals surface area contributed by atoms with Gasteiger partial charge in [-0.05, 0) is 17.7 Å². The molecule has 0 unspecified atom stereocenters. The number of fused-ring (bicyclic) bond motifs is 1. The van der Waals surface area contributed by atoms with Crippen LogP contribution in [0.4, 0.5) is 17.6 Å². The smallest absolute Gasteiger partial charge is 0.480 e. The molecule has 0 aliphatic heterocycles. The van der Waals surface area contributed by atoms with Crippen molar-refractivity contribution in [2.75, 3.05) is 6.61 Å². The van der Waals surface area contributed by atoms with Crippen molar-refractivity contribution in [1.29, 1.82) is 0 Å². The molecule has 2 aliphatic rings. The SMILES string of the molecule is Fc1cc2cc-2c1OCC(F)(F)F.O[B]O. The first-order valence-electron chi connectivity index (χ1n) is 4.02. The zero-order chi connectivity index (χ0) is 12.3. The van der Waals surface area contributed by atoms with Gasteiger partial charge in [-0.3, -0.25) is 0 Å². The first-order chi connectivity index (χ1) is 7.39. The average molecular weight is 237 g/mol. The second kappa shape index (κ2) is 4.71. The van der Waals surface area contributed by atoms with Crippen molar-refractivity contribution in [1.82, 2.24) is 0 Å². The minimum absolute atomic E-state index is 0. The fraction of sp³-hybridized carbons (Fsp3) is 0.250. The topological polar surface area (TPSA) is 49.7 Å². The summed E-state index contributed by atoms with van der Waals surface area (Å²) < 4.78 is 52.0. The molecule has 87 valence electrons. The van der Waals surface area contributed by atoms with Crippen molar-refractivity contribution in [3.63, 3.8) is 0 Å². The molecule has 0 aromatic rings. The molecule has 8 heteroatoms. The fourth-order valence-electron chi connectivity index (χ4n) is 1.07. The second-order valence-corrected chi connectivity index (χ2v) is 2.85. The Morgan fingerprint density at radius 1 is 1.25 bits per heavy atom. The van der Waals surface area contributed by atoms with Crippen LogP contribution in [0.15, 0.2) is 12.1 Å². The molecule has 0 saturated carbocycles. The largest absolute Gasteiger partial charge is 0.482 e. The highest BCUT2D eigenvalue weighted by Gasteiger charge is 2.32. The quantitative estimate of drug-likeness (QED) is 0.610. The maximum Gasteiger partial charge on any atom is 0.482 e. The highest BCUT2D eigenvalue weighted by molar-refractivity contribution is 6.13. The van der Waals surface area contributed by atoms with Crippen LogP contribution >= 0.6 is 0 Å². The maximum absolute atomic E-state index is 12.7.